The maximum atomic E-state index is 13.6. The number of rotatable bonds is 1. The number of alkyl halides is 3. The Labute approximate surface area is 163 Å². The normalized spacial score (nSPS) is 24.2. The first-order valence-corrected chi connectivity index (χ1v) is 9.18. The van der Waals surface area contributed by atoms with Crippen LogP contribution >= 0.6 is 34.8 Å². The Morgan fingerprint density at radius 3 is 2.46 bits per heavy atom. The minimum atomic E-state index is -4.48. The third kappa shape index (κ3) is 2.88. The standard InChI is InChI=1S/C19H13Cl3F3N/c20-9-4-5-12(15(22)8-9)17-11-3-1-2-10(11)16-14(21)7-6-13(18(16)26-17)19(23,24)25/h1-2,4-8,10-11,17,26H,3H2/t10-,11-,17-/m1/s1. The molecule has 0 unspecified atom stereocenters. The van der Waals surface area contributed by atoms with E-state index in [0.29, 0.717) is 20.6 Å². The summed E-state index contributed by atoms with van der Waals surface area (Å²) < 4.78 is 40.7. The molecule has 0 aromatic heterocycles. The predicted octanol–water partition coefficient (Wildman–Crippen LogP) is 7.49. The fraction of sp³-hybridized carbons (Fsp3) is 0.263. The van der Waals surface area contributed by atoms with Gasteiger partial charge in [-0.2, -0.15) is 13.2 Å². The summed E-state index contributed by atoms with van der Waals surface area (Å²) in [7, 11) is 0. The van der Waals surface area contributed by atoms with Gasteiger partial charge in [-0.15, -0.1) is 0 Å². The predicted molar refractivity (Wildman–Crippen MR) is 99.3 cm³/mol. The highest BCUT2D eigenvalue weighted by Crippen LogP contribution is 2.55. The van der Waals surface area contributed by atoms with Gasteiger partial charge in [-0.3, -0.25) is 0 Å². The molecule has 0 radical (unpaired) electrons. The molecule has 1 nitrogen and oxygen atoms in total. The minimum absolute atomic E-state index is 0.0298. The number of anilines is 1. The van der Waals surface area contributed by atoms with Crippen LogP contribution in [0.3, 0.4) is 0 Å². The summed E-state index contributed by atoms with van der Waals surface area (Å²) in [4.78, 5) is 0. The van der Waals surface area contributed by atoms with E-state index in [0.717, 1.165) is 18.1 Å². The second-order valence-electron chi connectivity index (χ2n) is 6.52. The quantitative estimate of drug-likeness (QED) is 0.473. The minimum Gasteiger partial charge on any atom is -0.377 e. The largest absolute Gasteiger partial charge is 0.418 e. The smallest absolute Gasteiger partial charge is 0.377 e. The summed E-state index contributed by atoms with van der Waals surface area (Å²) in [6.45, 7) is 0. The van der Waals surface area contributed by atoms with Crippen molar-refractivity contribution < 1.29 is 13.2 Å². The van der Waals surface area contributed by atoms with Crippen molar-refractivity contribution in [1.82, 2.24) is 0 Å². The van der Waals surface area contributed by atoms with Crippen LogP contribution in [0.1, 0.15) is 35.1 Å². The van der Waals surface area contributed by atoms with Gasteiger partial charge in [-0.1, -0.05) is 53.0 Å². The Morgan fingerprint density at radius 1 is 1.00 bits per heavy atom. The zero-order chi connectivity index (χ0) is 18.6. The second kappa shape index (κ2) is 6.36. The van der Waals surface area contributed by atoms with Crippen LogP contribution in [-0.2, 0) is 6.18 Å². The van der Waals surface area contributed by atoms with E-state index < -0.39 is 11.7 Å². The van der Waals surface area contributed by atoms with Crippen molar-refractivity contribution in [2.45, 2.75) is 24.6 Å². The van der Waals surface area contributed by atoms with Crippen molar-refractivity contribution in [3.05, 3.63) is 74.2 Å². The third-order valence-electron chi connectivity index (χ3n) is 5.07. The van der Waals surface area contributed by atoms with Gasteiger partial charge in [0.25, 0.3) is 0 Å². The highest BCUT2D eigenvalue weighted by molar-refractivity contribution is 6.35. The topological polar surface area (TPSA) is 12.0 Å². The van der Waals surface area contributed by atoms with Gasteiger partial charge in [0, 0.05) is 26.5 Å². The molecule has 1 heterocycles. The highest BCUT2D eigenvalue weighted by Gasteiger charge is 2.44. The van der Waals surface area contributed by atoms with Crippen LogP contribution in [0.15, 0.2) is 42.5 Å². The van der Waals surface area contributed by atoms with Crippen molar-refractivity contribution in [1.29, 1.82) is 0 Å². The molecule has 2 aliphatic rings. The molecule has 1 aliphatic heterocycles. The molecular weight excluding hydrogens is 406 g/mol. The van der Waals surface area contributed by atoms with Gasteiger partial charge in [0.1, 0.15) is 0 Å². The third-order valence-corrected chi connectivity index (χ3v) is 5.96. The summed E-state index contributed by atoms with van der Waals surface area (Å²) in [5.74, 6) is -0.167. The van der Waals surface area contributed by atoms with Crippen molar-refractivity contribution in [3.63, 3.8) is 0 Å². The monoisotopic (exact) mass is 417 g/mol. The zero-order valence-electron chi connectivity index (χ0n) is 13.2. The lowest BCUT2D eigenvalue weighted by atomic mass is 9.76. The number of fused-ring (bicyclic) bond motifs is 3. The molecule has 4 rings (SSSR count). The van der Waals surface area contributed by atoms with Crippen LogP contribution in [0.5, 0.6) is 0 Å². The maximum Gasteiger partial charge on any atom is 0.418 e. The molecule has 136 valence electrons. The molecule has 0 spiro atoms. The Kier molecular flexibility index (Phi) is 4.41. The average molecular weight is 419 g/mol. The maximum absolute atomic E-state index is 13.6. The van der Waals surface area contributed by atoms with Crippen molar-refractivity contribution in [3.8, 4) is 0 Å². The van der Waals surface area contributed by atoms with Crippen molar-refractivity contribution in [2.75, 3.05) is 5.32 Å². The molecule has 1 aliphatic carbocycles. The summed E-state index contributed by atoms with van der Waals surface area (Å²) >= 11 is 18.6. The van der Waals surface area contributed by atoms with Crippen LogP contribution < -0.4 is 5.32 Å². The molecule has 0 amide bonds. The summed E-state index contributed by atoms with van der Waals surface area (Å²) in [5.41, 5.74) is 0.551. The lowest BCUT2D eigenvalue weighted by molar-refractivity contribution is -0.137. The fourth-order valence-corrected chi connectivity index (χ4v) is 4.77. The molecular formula is C19H13Cl3F3N. The lowest BCUT2D eigenvalue weighted by Gasteiger charge is -2.39. The van der Waals surface area contributed by atoms with E-state index in [4.69, 9.17) is 34.8 Å². The Morgan fingerprint density at radius 2 is 1.77 bits per heavy atom. The van der Waals surface area contributed by atoms with E-state index in [1.807, 2.05) is 12.2 Å². The summed E-state index contributed by atoms with van der Waals surface area (Å²) in [5, 5.41) is 4.34. The average Bonchev–Trinajstić information content (AvgIpc) is 3.02. The van der Waals surface area contributed by atoms with E-state index in [1.54, 1.807) is 18.2 Å². The zero-order valence-corrected chi connectivity index (χ0v) is 15.5. The van der Waals surface area contributed by atoms with Gasteiger partial charge >= 0.3 is 6.18 Å². The van der Waals surface area contributed by atoms with E-state index in [1.165, 1.54) is 6.07 Å². The molecule has 1 N–H and O–H groups in total. The first-order valence-electron chi connectivity index (χ1n) is 8.05. The van der Waals surface area contributed by atoms with Crippen molar-refractivity contribution in [2.24, 2.45) is 5.92 Å². The van der Waals surface area contributed by atoms with Crippen molar-refractivity contribution >= 4 is 40.5 Å². The van der Waals surface area contributed by atoms with E-state index >= 15 is 0 Å². The lowest BCUT2D eigenvalue weighted by Crippen LogP contribution is -2.31. The number of hydrogen-bond donors (Lipinski definition) is 1. The van der Waals surface area contributed by atoms with Crippen LogP contribution in [0.25, 0.3) is 0 Å². The number of benzene rings is 2. The molecule has 0 saturated heterocycles. The Bertz CT molecular complexity index is 908. The Balaban J connectivity index is 1.90. The Hall–Kier alpha value is -1.36. The fourth-order valence-electron chi connectivity index (χ4n) is 3.96. The molecule has 0 bridgehead atoms. The van der Waals surface area contributed by atoms with E-state index in [-0.39, 0.29) is 23.6 Å². The van der Waals surface area contributed by atoms with Gasteiger partial charge < -0.3 is 5.32 Å². The molecule has 26 heavy (non-hydrogen) atoms. The summed E-state index contributed by atoms with van der Waals surface area (Å²) in [6, 6.07) is 7.04. The first-order chi connectivity index (χ1) is 12.3. The van der Waals surface area contributed by atoms with Gasteiger partial charge in [-0.25, -0.2) is 0 Å². The SMILES string of the molecule is FC(F)(F)c1ccc(Cl)c2c1N[C@@H](c1ccc(Cl)cc1Cl)[C@@H]1CC=C[C@@H]21. The second-order valence-corrected chi connectivity index (χ2v) is 7.77. The number of nitrogens with one attached hydrogen (secondary N) is 1. The van der Waals surface area contributed by atoms with Crippen LogP contribution in [0.4, 0.5) is 18.9 Å². The van der Waals surface area contributed by atoms with Crippen LogP contribution in [0, 0.1) is 5.92 Å². The van der Waals surface area contributed by atoms with Gasteiger partial charge in [0.05, 0.1) is 17.3 Å². The van der Waals surface area contributed by atoms with Gasteiger partial charge in [0.2, 0.25) is 0 Å². The molecule has 3 atom stereocenters. The first kappa shape index (κ1) is 18.0. The van der Waals surface area contributed by atoms with E-state index in [2.05, 4.69) is 5.32 Å². The molecule has 0 fully saturated rings. The number of halogens is 6. The molecule has 2 aromatic carbocycles. The van der Waals surface area contributed by atoms with Gasteiger partial charge in [-0.05, 0) is 42.2 Å². The van der Waals surface area contributed by atoms with E-state index in [9.17, 15) is 13.2 Å². The number of hydrogen-bond acceptors (Lipinski definition) is 1. The molecule has 0 saturated carbocycles. The highest BCUT2D eigenvalue weighted by atomic mass is 35.5. The van der Waals surface area contributed by atoms with Gasteiger partial charge in [0.15, 0.2) is 0 Å². The molecule has 2 aromatic rings. The van der Waals surface area contributed by atoms with Crippen LogP contribution in [-0.4, -0.2) is 0 Å². The summed E-state index contributed by atoms with van der Waals surface area (Å²) in [6.07, 6.45) is 0.172. The van der Waals surface area contributed by atoms with Crippen LogP contribution in [0.2, 0.25) is 15.1 Å². The number of allylic oxidation sites excluding steroid dienone is 2. The molecule has 7 heteroatoms.